The molecule has 0 aliphatic rings. The molecule has 0 bridgehead atoms. The lowest BCUT2D eigenvalue weighted by molar-refractivity contribution is 0.552. The molecule has 2 heterocycles. The molecular weight excluding hydrogens is 238 g/mol. The quantitative estimate of drug-likeness (QED) is 0.865. The van der Waals surface area contributed by atoms with Crippen LogP contribution in [0.4, 0.5) is 0 Å². The van der Waals surface area contributed by atoms with Crippen molar-refractivity contribution in [2.24, 2.45) is 13.0 Å². The molecule has 104 valence electrons. The summed E-state index contributed by atoms with van der Waals surface area (Å²) in [6.45, 7) is 9.25. The fraction of sp³-hybridized carbons (Fsp3) is 0.571. The van der Waals surface area contributed by atoms with E-state index in [0.29, 0.717) is 5.92 Å². The number of hydrogen-bond donors (Lipinski definition) is 1. The molecule has 0 unspecified atom stereocenters. The Morgan fingerprint density at radius 2 is 2.11 bits per heavy atom. The van der Waals surface area contributed by atoms with Gasteiger partial charge in [-0.2, -0.15) is 10.2 Å². The van der Waals surface area contributed by atoms with Crippen molar-refractivity contribution >= 4 is 0 Å². The third-order valence-electron chi connectivity index (χ3n) is 3.00. The van der Waals surface area contributed by atoms with Crippen LogP contribution in [-0.2, 0) is 20.1 Å². The van der Waals surface area contributed by atoms with Gasteiger partial charge in [0.25, 0.3) is 0 Å². The number of aryl methyl sites for hydroxylation is 2. The molecule has 0 aliphatic heterocycles. The molecule has 0 fully saturated rings. The van der Waals surface area contributed by atoms with E-state index in [1.54, 1.807) is 0 Å². The topological polar surface area (TPSA) is 47.7 Å². The molecule has 5 nitrogen and oxygen atoms in total. The molecule has 2 aromatic heterocycles. The number of hydrogen-bond acceptors (Lipinski definition) is 3. The van der Waals surface area contributed by atoms with Crippen LogP contribution in [0, 0.1) is 5.92 Å². The van der Waals surface area contributed by atoms with Crippen LogP contribution in [0.15, 0.2) is 18.6 Å². The maximum absolute atomic E-state index is 4.55. The van der Waals surface area contributed by atoms with Gasteiger partial charge in [-0.05, 0) is 19.4 Å². The Morgan fingerprint density at radius 3 is 2.74 bits per heavy atom. The summed E-state index contributed by atoms with van der Waals surface area (Å²) in [5.74, 6) is 0.656. The highest BCUT2D eigenvalue weighted by Gasteiger charge is 2.11. The first-order valence-electron chi connectivity index (χ1n) is 6.86. The van der Waals surface area contributed by atoms with Gasteiger partial charge in [0.15, 0.2) is 0 Å². The van der Waals surface area contributed by atoms with Crippen LogP contribution in [0.25, 0.3) is 11.3 Å². The van der Waals surface area contributed by atoms with E-state index in [-0.39, 0.29) is 0 Å². The fourth-order valence-corrected chi connectivity index (χ4v) is 2.06. The Hall–Kier alpha value is -1.62. The Kier molecular flexibility index (Phi) is 4.37. The van der Waals surface area contributed by atoms with Crippen molar-refractivity contribution in [1.82, 2.24) is 24.9 Å². The SMILES string of the molecule is CCn1cc(-c2nn(C)cc2CNCC(C)C)cn1. The van der Waals surface area contributed by atoms with Gasteiger partial charge in [0.05, 0.1) is 11.9 Å². The smallest absolute Gasteiger partial charge is 0.0999 e. The van der Waals surface area contributed by atoms with Crippen LogP contribution in [0.5, 0.6) is 0 Å². The molecule has 0 aliphatic carbocycles. The summed E-state index contributed by atoms with van der Waals surface area (Å²) in [6, 6.07) is 0. The standard InChI is InChI=1S/C14H23N5/c1-5-19-10-13(8-16-19)14-12(9-18(4)17-14)7-15-6-11(2)3/h8-11,15H,5-7H2,1-4H3. The first kappa shape index (κ1) is 13.8. The van der Waals surface area contributed by atoms with E-state index in [1.165, 1.54) is 5.56 Å². The lowest BCUT2D eigenvalue weighted by atomic mass is 10.1. The van der Waals surface area contributed by atoms with Gasteiger partial charge >= 0.3 is 0 Å². The summed E-state index contributed by atoms with van der Waals surface area (Å²) in [5.41, 5.74) is 3.33. The summed E-state index contributed by atoms with van der Waals surface area (Å²) >= 11 is 0. The minimum absolute atomic E-state index is 0.656. The third kappa shape index (κ3) is 3.44. The second-order valence-electron chi connectivity index (χ2n) is 5.29. The van der Waals surface area contributed by atoms with E-state index < -0.39 is 0 Å². The average molecular weight is 261 g/mol. The Bertz CT molecular complexity index is 524. The summed E-state index contributed by atoms with van der Waals surface area (Å²) in [6.07, 6.45) is 6.01. The second kappa shape index (κ2) is 6.02. The number of nitrogens with zero attached hydrogens (tertiary/aromatic N) is 4. The van der Waals surface area contributed by atoms with Crippen molar-refractivity contribution in [2.75, 3.05) is 6.54 Å². The van der Waals surface area contributed by atoms with Crippen LogP contribution in [0.3, 0.4) is 0 Å². The van der Waals surface area contributed by atoms with Gasteiger partial charge in [0.1, 0.15) is 0 Å². The minimum Gasteiger partial charge on any atom is -0.312 e. The molecule has 0 atom stereocenters. The van der Waals surface area contributed by atoms with E-state index in [4.69, 9.17) is 0 Å². The maximum atomic E-state index is 4.55. The maximum Gasteiger partial charge on any atom is 0.0999 e. The Morgan fingerprint density at radius 1 is 1.32 bits per heavy atom. The second-order valence-corrected chi connectivity index (χ2v) is 5.29. The van der Waals surface area contributed by atoms with Gasteiger partial charge in [-0.15, -0.1) is 0 Å². The first-order chi connectivity index (χ1) is 9.10. The van der Waals surface area contributed by atoms with E-state index in [2.05, 4.69) is 42.5 Å². The minimum atomic E-state index is 0.656. The summed E-state index contributed by atoms with van der Waals surface area (Å²) < 4.78 is 3.79. The molecular formula is C14H23N5. The summed E-state index contributed by atoms with van der Waals surface area (Å²) in [7, 11) is 1.96. The van der Waals surface area contributed by atoms with Gasteiger partial charge in [-0.1, -0.05) is 13.8 Å². The largest absolute Gasteiger partial charge is 0.312 e. The van der Waals surface area contributed by atoms with Crippen molar-refractivity contribution in [3.63, 3.8) is 0 Å². The van der Waals surface area contributed by atoms with Crippen molar-refractivity contribution in [3.05, 3.63) is 24.2 Å². The van der Waals surface area contributed by atoms with Crippen molar-refractivity contribution < 1.29 is 0 Å². The Balaban J connectivity index is 2.15. The van der Waals surface area contributed by atoms with E-state index in [0.717, 1.165) is 30.9 Å². The molecule has 0 aromatic carbocycles. The van der Waals surface area contributed by atoms with Crippen molar-refractivity contribution in [2.45, 2.75) is 33.9 Å². The normalized spacial score (nSPS) is 11.4. The highest BCUT2D eigenvalue weighted by molar-refractivity contribution is 5.60. The molecule has 1 N–H and O–H groups in total. The molecule has 0 radical (unpaired) electrons. The lowest BCUT2D eigenvalue weighted by Gasteiger charge is -2.06. The van der Waals surface area contributed by atoms with Crippen LogP contribution in [-0.4, -0.2) is 26.1 Å². The van der Waals surface area contributed by atoms with E-state index in [9.17, 15) is 0 Å². The molecule has 0 saturated heterocycles. The van der Waals surface area contributed by atoms with E-state index >= 15 is 0 Å². The predicted octanol–water partition coefficient (Wildman–Crippen LogP) is 2.05. The average Bonchev–Trinajstić information content (AvgIpc) is 2.95. The predicted molar refractivity (Wildman–Crippen MR) is 76.6 cm³/mol. The van der Waals surface area contributed by atoms with Crippen LogP contribution in [0.2, 0.25) is 0 Å². The summed E-state index contributed by atoms with van der Waals surface area (Å²) in [5, 5.41) is 12.3. The van der Waals surface area contributed by atoms with Gasteiger partial charge < -0.3 is 5.32 Å². The van der Waals surface area contributed by atoms with Crippen molar-refractivity contribution in [1.29, 1.82) is 0 Å². The summed E-state index contributed by atoms with van der Waals surface area (Å²) in [4.78, 5) is 0. The van der Waals surface area contributed by atoms with Crippen LogP contribution >= 0.6 is 0 Å². The zero-order valence-electron chi connectivity index (χ0n) is 12.2. The molecule has 2 aromatic rings. The number of rotatable bonds is 6. The molecule has 2 rings (SSSR count). The van der Waals surface area contributed by atoms with Crippen LogP contribution < -0.4 is 5.32 Å². The third-order valence-corrected chi connectivity index (χ3v) is 3.00. The molecule has 0 amide bonds. The van der Waals surface area contributed by atoms with Gasteiger partial charge in [0.2, 0.25) is 0 Å². The fourth-order valence-electron chi connectivity index (χ4n) is 2.06. The molecule has 19 heavy (non-hydrogen) atoms. The van der Waals surface area contributed by atoms with Crippen LogP contribution in [0.1, 0.15) is 26.3 Å². The number of aromatic nitrogens is 4. The molecule has 0 spiro atoms. The van der Waals surface area contributed by atoms with Gasteiger partial charge in [-0.3, -0.25) is 9.36 Å². The van der Waals surface area contributed by atoms with Gasteiger partial charge in [-0.25, -0.2) is 0 Å². The van der Waals surface area contributed by atoms with E-state index in [1.807, 2.05) is 28.8 Å². The number of nitrogens with one attached hydrogen (secondary N) is 1. The first-order valence-corrected chi connectivity index (χ1v) is 6.86. The molecule has 0 saturated carbocycles. The highest BCUT2D eigenvalue weighted by Crippen LogP contribution is 2.21. The Labute approximate surface area is 114 Å². The monoisotopic (exact) mass is 261 g/mol. The van der Waals surface area contributed by atoms with Crippen molar-refractivity contribution in [3.8, 4) is 11.3 Å². The highest BCUT2D eigenvalue weighted by atomic mass is 15.3. The zero-order chi connectivity index (χ0) is 13.8. The zero-order valence-corrected chi connectivity index (χ0v) is 12.2. The van der Waals surface area contributed by atoms with Gasteiger partial charge in [0, 0.05) is 43.7 Å². The molecule has 5 heteroatoms. The lowest BCUT2D eigenvalue weighted by Crippen LogP contribution is -2.19.